The van der Waals surface area contributed by atoms with Crippen LogP contribution in [0.15, 0.2) is 108 Å². The zero-order valence-corrected chi connectivity index (χ0v) is 23.3. The van der Waals surface area contributed by atoms with E-state index in [1.54, 1.807) is 0 Å². The highest BCUT2D eigenvalue weighted by molar-refractivity contribution is 5.97. The van der Waals surface area contributed by atoms with Gasteiger partial charge in [-0.3, -0.25) is 9.98 Å². The van der Waals surface area contributed by atoms with Crippen molar-refractivity contribution in [3.63, 3.8) is 0 Å². The molecule has 0 saturated carbocycles. The Balaban J connectivity index is 1.41. The lowest BCUT2D eigenvalue weighted by atomic mass is 9.83. The molecule has 0 spiro atoms. The normalized spacial score (nSPS) is 17.3. The summed E-state index contributed by atoms with van der Waals surface area (Å²) in [6.07, 6.45) is 6.73. The largest absolute Gasteiger partial charge is 0.255 e. The number of nitrogens with zero attached hydrogens (tertiary/aromatic N) is 5. The fourth-order valence-electron chi connectivity index (χ4n) is 5.69. The summed E-state index contributed by atoms with van der Waals surface area (Å²) in [5.74, 6) is 2.52. The maximum absolute atomic E-state index is 4.98. The molecule has 1 aliphatic carbocycles. The van der Waals surface area contributed by atoms with Crippen molar-refractivity contribution in [2.45, 2.75) is 20.8 Å². The number of benzene rings is 3. The fourth-order valence-corrected chi connectivity index (χ4v) is 5.69. The first-order valence-corrected chi connectivity index (χ1v) is 14.0. The third-order valence-electron chi connectivity index (χ3n) is 7.71. The molecule has 0 radical (unpaired) electrons. The van der Waals surface area contributed by atoms with E-state index in [1.165, 1.54) is 0 Å². The molecule has 7 rings (SSSR count). The van der Waals surface area contributed by atoms with Crippen molar-refractivity contribution in [1.82, 2.24) is 19.9 Å². The monoisotopic (exact) mass is 531 g/mol. The fraction of sp³-hybridized carbons (Fsp3) is 0.139. The molecule has 2 aliphatic rings. The molecule has 2 unspecified atom stereocenters. The Morgan fingerprint density at radius 3 is 1.85 bits per heavy atom. The maximum atomic E-state index is 4.98. The van der Waals surface area contributed by atoms with Gasteiger partial charge in [0, 0.05) is 39.2 Å². The quantitative estimate of drug-likeness (QED) is 0.268. The van der Waals surface area contributed by atoms with Crippen LogP contribution < -0.4 is 10.6 Å². The van der Waals surface area contributed by atoms with Gasteiger partial charge in [-0.05, 0) is 49.1 Å². The number of dihydropyridines is 1. The number of aromatic nitrogens is 4. The lowest BCUT2D eigenvalue weighted by molar-refractivity contribution is 0.635. The molecule has 1 aliphatic heterocycles. The van der Waals surface area contributed by atoms with Gasteiger partial charge in [-0.25, -0.2) is 15.0 Å². The first-order chi connectivity index (χ1) is 20.0. The highest BCUT2D eigenvalue weighted by Crippen LogP contribution is 2.31. The van der Waals surface area contributed by atoms with Gasteiger partial charge in [-0.15, -0.1) is 0 Å². The molecule has 5 heteroatoms. The Labute approximate surface area is 239 Å². The molecule has 3 aromatic carbocycles. The highest BCUT2D eigenvalue weighted by Gasteiger charge is 2.26. The number of aliphatic imine (C=N–C) groups is 1. The van der Waals surface area contributed by atoms with E-state index >= 15 is 0 Å². The summed E-state index contributed by atoms with van der Waals surface area (Å²) in [5, 5.41) is 2.12. The maximum Gasteiger partial charge on any atom is 0.164 e. The number of hydrogen-bond donors (Lipinski definition) is 0. The molecule has 5 aromatic rings. The van der Waals surface area contributed by atoms with E-state index in [-0.39, 0.29) is 5.92 Å². The van der Waals surface area contributed by atoms with Gasteiger partial charge in [-0.2, -0.15) is 0 Å². The minimum Gasteiger partial charge on any atom is -0.255 e. The van der Waals surface area contributed by atoms with Crippen LogP contribution in [0.4, 0.5) is 0 Å². The predicted molar refractivity (Wildman–Crippen MR) is 166 cm³/mol. The Hall–Kier alpha value is -5.03. The Morgan fingerprint density at radius 1 is 0.610 bits per heavy atom. The lowest BCUT2D eigenvalue weighted by Gasteiger charge is -2.26. The van der Waals surface area contributed by atoms with Crippen molar-refractivity contribution in [3.8, 4) is 45.3 Å². The molecule has 0 fully saturated rings. The number of pyridine rings is 1. The number of rotatable bonds is 4. The van der Waals surface area contributed by atoms with Crippen molar-refractivity contribution in [2.24, 2.45) is 16.8 Å². The van der Waals surface area contributed by atoms with E-state index < -0.39 is 0 Å². The Morgan fingerprint density at radius 2 is 1.20 bits per heavy atom. The first-order valence-electron chi connectivity index (χ1n) is 14.0. The molecule has 0 saturated heterocycles. The summed E-state index contributed by atoms with van der Waals surface area (Å²) >= 11 is 0. The summed E-state index contributed by atoms with van der Waals surface area (Å²) in [6.45, 7) is 6.36. The van der Waals surface area contributed by atoms with Gasteiger partial charge < -0.3 is 0 Å². The standard InChI is InChI=1S/C36H29N5/c1-22-19-31-30(20-24(3)38-33(31)32-29(22)18-17-23(2)37-32)27-15-10-16-28(21-27)36-40-34(25-11-6-4-7-12-25)39-35(41-36)26-13-8-5-9-14-26/h4-22,29H,1-3H3. The zero-order valence-electron chi connectivity index (χ0n) is 23.3. The third-order valence-corrected chi connectivity index (χ3v) is 7.71. The Kier molecular flexibility index (Phi) is 6.20. The van der Waals surface area contributed by atoms with Gasteiger partial charge in [-0.1, -0.05) is 97.9 Å². The molecule has 0 N–H and O–H groups in total. The van der Waals surface area contributed by atoms with Crippen LogP contribution in [0, 0.1) is 18.8 Å². The zero-order chi connectivity index (χ0) is 27.9. The second-order valence-corrected chi connectivity index (χ2v) is 10.7. The molecular formula is C36H29N5. The van der Waals surface area contributed by atoms with Gasteiger partial charge in [0.25, 0.3) is 0 Å². The molecule has 2 atom stereocenters. The minimum atomic E-state index is 0.248. The Bertz CT molecular complexity index is 1920. The van der Waals surface area contributed by atoms with Crippen molar-refractivity contribution in [1.29, 1.82) is 0 Å². The summed E-state index contributed by atoms with van der Waals surface area (Å²) in [4.78, 5) is 24.7. The van der Waals surface area contributed by atoms with Crippen molar-refractivity contribution in [2.75, 3.05) is 0 Å². The van der Waals surface area contributed by atoms with Gasteiger partial charge in [0.1, 0.15) is 0 Å². The summed E-state index contributed by atoms with van der Waals surface area (Å²) in [7, 11) is 0. The van der Waals surface area contributed by atoms with Crippen LogP contribution in [0.25, 0.3) is 57.1 Å². The number of aryl methyl sites for hydroxylation is 1. The molecular weight excluding hydrogens is 502 g/mol. The molecule has 198 valence electrons. The van der Waals surface area contributed by atoms with Gasteiger partial charge in [0.2, 0.25) is 0 Å². The van der Waals surface area contributed by atoms with Crippen molar-refractivity contribution >= 4 is 17.5 Å². The first kappa shape index (κ1) is 25.0. The lowest BCUT2D eigenvalue weighted by Crippen LogP contribution is -2.40. The van der Waals surface area contributed by atoms with Crippen molar-refractivity contribution in [3.05, 3.63) is 119 Å². The molecule has 3 heterocycles. The van der Waals surface area contributed by atoms with Crippen LogP contribution in [0.3, 0.4) is 0 Å². The van der Waals surface area contributed by atoms with Crippen LogP contribution in [-0.2, 0) is 0 Å². The van der Waals surface area contributed by atoms with Crippen LogP contribution in [0.2, 0.25) is 0 Å². The average Bonchev–Trinajstić information content (AvgIpc) is 3.02. The topological polar surface area (TPSA) is 63.9 Å². The smallest absolute Gasteiger partial charge is 0.164 e. The van der Waals surface area contributed by atoms with Crippen LogP contribution >= 0.6 is 0 Å². The van der Waals surface area contributed by atoms with E-state index in [4.69, 9.17) is 24.9 Å². The predicted octanol–water partition coefficient (Wildman–Crippen LogP) is 6.43. The third kappa shape index (κ3) is 4.70. The van der Waals surface area contributed by atoms with E-state index in [0.717, 1.165) is 55.5 Å². The number of hydrogen-bond acceptors (Lipinski definition) is 5. The number of fused-ring (bicyclic) bond motifs is 2. The second kappa shape index (κ2) is 10.2. The molecule has 2 aromatic heterocycles. The number of allylic oxidation sites excluding steroid dienone is 1. The SMILES string of the molecule is CC1=NC2=c3nc(C)cc(-c4cccc(-c5nc(-c6ccccc6)nc(-c6ccccc6)n5)c4)c3=CC(C)C2C=C1. The van der Waals surface area contributed by atoms with Crippen molar-refractivity contribution < 1.29 is 0 Å². The molecule has 41 heavy (non-hydrogen) atoms. The van der Waals surface area contributed by atoms with Crippen LogP contribution in [0.5, 0.6) is 0 Å². The van der Waals surface area contributed by atoms with Gasteiger partial charge >= 0.3 is 0 Å². The molecule has 0 amide bonds. The molecule has 5 nitrogen and oxygen atoms in total. The van der Waals surface area contributed by atoms with E-state index in [9.17, 15) is 0 Å². The minimum absolute atomic E-state index is 0.248. The van der Waals surface area contributed by atoms with E-state index in [1.807, 2.05) is 67.6 Å². The molecule has 0 bridgehead atoms. The van der Waals surface area contributed by atoms with Gasteiger partial charge in [0.05, 0.1) is 11.0 Å². The summed E-state index contributed by atoms with van der Waals surface area (Å²) < 4.78 is 0. The summed E-state index contributed by atoms with van der Waals surface area (Å²) in [6, 6.07) is 30.8. The van der Waals surface area contributed by atoms with Crippen LogP contribution in [-0.4, -0.2) is 25.6 Å². The van der Waals surface area contributed by atoms with E-state index in [0.29, 0.717) is 23.4 Å². The highest BCUT2D eigenvalue weighted by atomic mass is 15.0. The average molecular weight is 532 g/mol. The second-order valence-electron chi connectivity index (χ2n) is 10.7. The van der Waals surface area contributed by atoms with Crippen LogP contribution in [0.1, 0.15) is 19.5 Å². The summed E-state index contributed by atoms with van der Waals surface area (Å²) in [5.41, 5.74) is 8.14. The van der Waals surface area contributed by atoms with Gasteiger partial charge in [0.15, 0.2) is 17.5 Å². The van der Waals surface area contributed by atoms with E-state index in [2.05, 4.69) is 62.4 Å².